The van der Waals surface area contributed by atoms with Crippen LogP contribution in [0.5, 0.6) is 5.75 Å². The fraction of sp³-hybridized carbons (Fsp3) is 0.500. The summed E-state index contributed by atoms with van der Waals surface area (Å²) in [5, 5.41) is 5.13. The fourth-order valence-corrected chi connectivity index (χ4v) is 7.84. The van der Waals surface area contributed by atoms with Crippen molar-refractivity contribution in [1.29, 1.82) is 0 Å². The van der Waals surface area contributed by atoms with E-state index in [1.165, 1.54) is 0 Å². The molecule has 2 amide bonds. The molecule has 1 fully saturated rings. The standard InChI is InChI=1S/C28H41N6O17P3/c1-52(39,40)50-54(43,44)51-53(41,42)48-16-22-7-8-25(49-22)34-15-20(27(37)33-28(34)38)5-3-10-31-24(35)18-45-12-13-46-23(30)17-47-21-6-2-4-19(14-21)26(36)32-11-9-29/h2,4,6,14-15,22-23,25H,7-13,16-18,29-30H2,1H3,(H,31,35)(H,32,36)(H,39,40)(H,41,42)(H,43,44)(H,33,37,38)/t22-,23?,25+/m0/s1. The van der Waals surface area contributed by atoms with Gasteiger partial charge in [-0.1, -0.05) is 17.9 Å². The van der Waals surface area contributed by atoms with Gasteiger partial charge >= 0.3 is 28.9 Å². The lowest BCUT2D eigenvalue weighted by Gasteiger charge is -2.19. The number of carbonyl (C=O) groups excluding carboxylic acids is 2. The summed E-state index contributed by atoms with van der Waals surface area (Å²) in [4.78, 5) is 79.1. The highest BCUT2D eigenvalue weighted by Gasteiger charge is 2.40. The van der Waals surface area contributed by atoms with Crippen molar-refractivity contribution in [3.8, 4) is 17.6 Å². The molecule has 23 nitrogen and oxygen atoms in total. The molecule has 0 bridgehead atoms. The molecular weight excluding hydrogens is 785 g/mol. The summed E-state index contributed by atoms with van der Waals surface area (Å²) in [6.45, 7) is 0.0760. The van der Waals surface area contributed by atoms with Crippen LogP contribution in [0.2, 0.25) is 0 Å². The van der Waals surface area contributed by atoms with E-state index in [-0.39, 0.29) is 57.3 Å². The van der Waals surface area contributed by atoms with Gasteiger partial charge in [-0.15, -0.1) is 0 Å². The van der Waals surface area contributed by atoms with E-state index < -0.39 is 65.6 Å². The second-order valence-electron chi connectivity index (χ2n) is 11.1. The Hall–Kier alpha value is -3.55. The van der Waals surface area contributed by atoms with Crippen LogP contribution < -0.4 is 38.1 Å². The van der Waals surface area contributed by atoms with Gasteiger partial charge < -0.3 is 55.7 Å². The first-order valence-electron chi connectivity index (χ1n) is 15.8. The molecule has 0 aliphatic carbocycles. The number of aromatic amines is 1. The van der Waals surface area contributed by atoms with Gasteiger partial charge in [0.1, 0.15) is 37.0 Å². The Kier molecular flexibility index (Phi) is 17.4. The number of nitrogens with two attached hydrogens (primary N) is 2. The average molecular weight is 827 g/mol. The topological polar surface area (TPSA) is 342 Å². The molecule has 6 atom stereocenters. The summed E-state index contributed by atoms with van der Waals surface area (Å²) in [5.41, 5.74) is 9.86. The quantitative estimate of drug-likeness (QED) is 0.0318. The molecule has 1 aliphatic heterocycles. The van der Waals surface area contributed by atoms with Crippen molar-refractivity contribution in [1.82, 2.24) is 20.2 Å². The first kappa shape index (κ1) is 44.8. The van der Waals surface area contributed by atoms with Gasteiger partial charge in [0.2, 0.25) is 5.91 Å². The zero-order valence-corrected chi connectivity index (χ0v) is 31.4. The largest absolute Gasteiger partial charge is 0.489 e. The number of hydrogen-bond donors (Lipinski definition) is 8. The molecule has 0 saturated carbocycles. The molecule has 26 heteroatoms. The Morgan fingerprint density at radius 1 is 1.11 bits per heavy atom. The van der Waals surface area contributed by atoms with Crippen LogP contribution in [0.15, 0.2) is 40.1 Å². The summed E-state index contributed by atoms with van der Waals surface area (Å²) < 4.78 is 70.2. The van der Waals surface area contributed by atoms with Crippen molar-refractivity contribution in [2.75, 3.05) is 59.3 Å². The first-order valence-corrected chi connectivity index (χ1v) is 20.8. The maximum absolute atomic E-state index is 12.4. The number of H-pyrrole nitrogens is 1. The molecule has 1 aromatic heterocycles. The van der Waals surface area contributed by atoms with Gasteiger partial charge in [0.25, 0.3) is 11.5 Å². The van der Waals surface area contributed by atoms with Crippen molar-refractivity contribution in [2.45, 2.75) is 31.4 Å². The van der Waals surface area contributed by atoms with Gasteiger partial charge in [0.15, 0.2) is 0 Å². The van der Waals surface area contributed by atoms with Crippen molar-refractivity contribution >= 4 is 35.1 Å². The minimum atomic E-state index is -5.45. The van der Waals surface area contributed by atoms with E-state index in [9.17, 15) is 42.7 Å². The van der Waals surface area contributed by atoms with Crippen molar-refractivity contribution in [3.05, 3.63) is 62.4 Å². The van der Waals surface area contributed by atoms with Crippen molar-refractivity contribution < 1.29 is 70.1 Å². The number of benzene rings is 1. The van der Waals surface area contributed by atoms with Gasteiger partial charge in [-0.25, -0.2) is 18.2 Å². The Labute approximate surface area is 307 Å². The van der Waals surface area contributed by atoms with Crippen LogP contribution in [0.1, 0.15) is 35.0 Å². The molecule has 2 heterocycles. The maximum atomic E-state index is 12.4. The fourth-order valence-electron chi connectivity index (χ4n) is 4.34. The first-order chi connectivity index (χ1) is 25.4. The zero-order valence-electron chi connectivity index (χ0n) is 28.7. The molecule has 54 heavy (non-hydrogen) atoms. The van der Waals surface area contributed by atoms with Crippen LogP contribution in [-0.2, 0) is 45.8 Å². The lowest BCUT2D eigenvalue weighted by molar-refractivity contribution is -0.126. The third-order valence-corrected chi connectivity index (χ3v) is 10.7. The van der Waals surface area contributed by atoms with Crippen molar-refractivity contribution in [2.24, 2.45) is 11.5 Å². The van der Waals surface area contributed by atoms with Crippen LogP contribution in [0, 0.1) is 11.8 Å². The number of aromatic nitrogens is 2. The normalized spacial score (nSPS) is 19.3. The summed E-state index contributed by atoms with van der Waals surface area (Å²) in [6.07, 6.45) is -1.26. The van der Waals surface area contributed by atoms with E-state index in [1.54, 1.807) is 24.3 Å². The molecule has 0 radical (unpaired) electrons. The Morgan fingerprint density at radius 2 is 1.87 bits per heavy atom. The number of ether oxygens (including phenoxy) is 4. The van der Waals surface area contributed by atoms with E-state index in [0.29, 0.717) is 31.1 Å². The SMILES string of the molecule is CP(=O)(O)OP(=O)(O)OP(=O)(O)OC[C@@H]1CC[C@H](n2cc(C#CCNC(=O)COCCOC(N)COc3cccc(C(=O)NCCN)c3)c(=O)[nH]c2=O)O1. The Balaban J connectivity index is 1.37. The molecule has 1 aromatic carbocycles. The lowest BCUT2D eigenvalue weighted by atomic mass is 10.2. The van der Waals surface area contributed by atoms with E-state index in [1.807, 2.05) is 0 Å². The van der Waals surface area contributed by atoms with Crippen LogP contribution in [-0.4, -0.2) is 108 Å². The molecule has 0 spiro atoms. The monoisotopic (exact) mass is 826 g/mol. The lowest BCUT2D eigenvalue weighted by Crippen LogP contribution is -2.34. The van der Waals surface area contributed by atoms with E-state index in [4.69, 9.17) is 35.3 Å². The van der Waals surface area contributed by atoms with E-state index in [0.717, 1.165) is 10.8 Å². The number of nitrogens with one attached hydrogen (secondary N) is 3. The number of amides is 2. The maximum Gasteiger partial charge on any atom is 0.488 e. The van der Waals surface area contributed by atoms with Gasteiger partial charge in [-0.2, -0.15) is 4.31 Å². The summed E-state index contributed by atoms with van der Waals surface area (Å²) in [7, 11) is -15.3. The van der Waals surface area contributed by atoms with Gasteiger partial charge in [-0.05, 0) is 31.0 Å². The molecule has 4 unspecified atom stereocenters. The second kappa shape index (κ2) is 20.9. The van der Waals surface area contributed by atoms with Crippen LogP contribution in [0.25, 0.3) is 0 Å². The molecule has 300 valence electrons. The highest BCUT2D eigenvalue weighted by atomic mass is 31.3. The van der Waals surface area contributed by atoms with E-state index in [2.05, 4.69) is 40.6 Å². The van der Waals surface area contributed by atoms with Gasteiger partial charge in [0.05, 0.1) is 32.5 Å². The second-order valence-corrected chi connectivity index (χ2v) is 16.2. The number of phosphoric acid groups is 2. The molecule has 1 saturated heterocycles. The molecular formula is C28H41N6O17P3. The summed E-state index contributed by atoms with van der Waals surface area (Å²) >= 11 is 0. The van der Waals surface area contributed by atoms with E-state index >= 15 is 0 Å². The van der Waals surface area contributed by atoms with Crippen molar-refractivity contribution in [3.63, 3.8) is 0 Å². The number of phosphoric ester groups is 1. The van der Waals surface area contributed by atoms with Crippen LogP contribution in [0.3, 0.4) is 0 Å². The van der Waals surface area contributed by atoms with Gasteiger partial charge in [0, 0.05) is 31.5 Å². The highest BCUT2D eigenvalue weighted by molar-refractivity contribution is 7.68. The third-order valence-electron chi connectivity index (χ3n) is 6.58. The minimum absolute atomic E-state index is 0.0189. The van der Waals surface area contributed by atoms with Crippen LogP contribution >= 0.6 is 23.2 Å². The van der Waals surface area contributed by atoms with Gasteiger partial charge in [-0.3, -0.25) is 33.0 Å². The molecule has 10 N–H and O–H groups in total. The summed E-state index contributed by atoms with van der Waals surface area (Å²) in [6, 6.07) is 6.49. The number of nitrogens with zero attached hydrogens (tertiary/aromatic N) is 1. The number of hydrogen-bond acceptors (Lipinski definition) is 16. The predicted molar refractivity (Wildman–Crippen MR) is 186 cm³/mol. The molecule has 2 aromatic rings. The summed E-state index contributed by atoms with van der Waals surface area (Å²) in [5.74, 6) is 4.71. The smallest absolute Gasteiger partial charge is 0.488 e. The highest BCUT2D eigenvalue weighted by Crippen LogP contribution is 2.66. The van der Waals surface area contributed by atoms with Crippen LogP contribution in [0.4, 0.5) is 0 Å². The Morgan fingerprint density at radius 3 is 2.59 bits per heavy atom. The number of rotatable bonds is 21. The average Bonchev–Trinajstić information content (AvgIpc) is 3.55. The Bertz CT molecular complexity index is 1930. The zero-order chi connectivity index (χ0) is 39.9. The molecule has 3 rings (SSSR count). The number of carbonyl (C=O) groups is 2. The minimum Gasteiger partial charge on any atom is -0.489 e. The third kappa shape index (κ3) is 16.4. The predicted octanol–water partition coefficient (Wildman–Crippen LogP) is -1.17. The molecule has 1 aliphatic rings.